The van der Waals surface area contributed by atoms with E-state index in [1.807, 2.05) is 13.1 Å². The van der Waals surface area contributed by atoms with Crippen LogP contribution >= 0.6 is 0 Å². The van der Waals surface area contributed by atoms with Crippen LogP contribution in [0.15, 0.2) is 35.4 Å². The third-order valence-electron chi connectivity index (χ3n) is 3.10. The second-order valence-electron chi connectivity index (χ2n) is 4.50. The molecule has 2 rings (SSSR count). The number of aromatic nitrogens is 2. The van der Waals surface area contributed by atoms with E-state index in [0.717, 1.165) is 5.69 Å². The van der Waals surface area contributed by atoms with Crippen molar-refractivity contribution in [3.63, 3.8) is 0 Å². The molecule has 0 spiro atoms. The molecule has 2 aromatic rings. The van der Waals surface area contributed by atoms with Crippen LogP contribution in [-0.4, -0.2) is 31.9 Å². The first-order valence-electron chi connectivity index (χ1n) is 6.34. The number of rotatable bonds is 6. The summed E-state index contributed by atoms with van der Waals surface area (Å²) in [4.78, 5) is 0.0494. The summed E-state index contributed by atoms with van der Waals surface area (Å²) >= 11 is 0. The third kappa shape index (κ3) is 3.53. The van der Waals surface area contributed by atoms with Gasteiger partial charge in [0.25, 0.3) is 0 Å². The van der Waals surface area contributed by atoms with Crippen LogP contribution in [-0.2, 0) is 23.5 Å². The fourth-order valence-electron chi connectivity index (χ4n) is 1.94. The lowest BCUT2D eigenvalue weighted by molar-refractivity contribution is 0.414. The van der Waals surface area contributed by atoms with E-state index >= 15 is 0 Å². The van der Waals surface area contributed by atoms with E-state index in [9.17, 15) is 8.42 Å². The van der Waals surface area contributed by atoms with Crippen LogP contribution in [0, 0.1) is 0 Å². The van der Waals surface area contributed by atoms with Crippen LogP contribution in [0.3, 0.4) is 0 Å². The first-order valence-corrected chi connectivity index (χ1v) is 7.82. The average Bonchev–Trinajstić information content (AvgIpc) is 2.83. The van der Waals surface area contributed by atoms with Gasteiger partial charge in [0.15, 0.2) is 0 Å². The van der Waals surface area contributed by atoms with Crippen LogP contribution in [0.5, 0.6) is 5.75 Å². The van der Waals surface area contributed by atoms with Gasteiger partial charge in [0, 0.05) is 38.0 Å². The summed E-state index contributed by atoms with van der Waals surface area (Å²) in [6.07, 6.45) is 2.22. The molecule has 21 heavy (non-hydrogen) atoms. The first kappa shape index (κ1) is 15.3. The van der Waals surface area contributed by atoms with Gasteiger partial charge in [-0.25, -0.2) is 13.1 Å². The zero-order valence-electron chi connectivity index (χ0n) is 11.9. The van der Waals surface area contributed by atoms with E-state index in [0.29, 0.717) is 12.2 Å². The zero-order valence-corrected chi connectivity index (χ0v) is 12.7. The lowest BCUT2D eigenvalue weighted by Gasteiger charge is -2.10. The number of nitrogen functional groups attached to an aromatic ring is 1. The first-order chi connectivity index (χ1) is 9.94. The molecule has 114 valence electrons. The van der Waals surface area contributed by atoms with E-state index in [4.69, 9.17) is 10.5 Å². The predicted octanol–water partition coefficient (Wildman–Crippen LogP) is 0.532. The van der Waals surface area contributed by atoms with E-state index in [1.165, 1.54) is 19.2 Å². The molecule has 0 aliphatic heterocycles. The minimum absolute atomic E-state index is 0.0494. The van der Waals surface area contributed by atoms with Crippen molar-refractivity contribution in [2.75, 3.05) is 19.4 Å². The number of hydrogen-bond donors (Lipinski definition) is 2. The maximum absolute atomic E-state index is 12.2. The third-order valence-corrected chi connectivity index (χ3v) is 4.64. The van der Waals surface area contributed by atoms with Crippen molar-refractivity contribution in [2.45, 2.75) is 11.3 Å². The molecule has 0 atom stereocenters. The Labute approximate surface area is 123 Å². The normalized spacial score (nSPS) is 11.5. The quantitative estimate of drug-likeness (QED) is 0.758. The number of nitrogens with zero attached hydrogens (tertiary/aromatic N) is 2. The lowest BCUT2D eigenvalue weighted by atomic mass is 10.3. The van der Waals surface area contributed by atoms with Crippen molar-refractivity contribution >= 4 is 15.7 Å². The summed E-state index contributed by atoms with van der Waals surface area (Å²) in [6.45, 7) is 0.271. The summed E-state index contributed by atoms with van der Waals surface area (Å²) in [5, 5.41) is 4.03. The van der Waals surface area contributed by atoms with Crippen molar-refractivity contribution in [3.8, 4) is 5.75 Å². The van der Waals surface area contributed by atoms with Gasteiger partial charge in [-0.05, 0) is 18.2 Å². The molecule has 0 aliphatic rings. The van der Waals surface area contributed by atoms with E-state index < -0.39 is 10.0 Å². The number of anilines is 1. The Hall–Kier alpha value is -2.06. The highest BCUT2D eigenvalue weighted by molar-refractivity contribution is 7.89. The highest BCUT2D eigenvalue weighted by atomic mass is 32.2. The lowest BCUT2D eigenvalue weighted by Crippen LogP contribution is -2.27. The van der Waals surface area contributed by atoms with Gasteiger partial charge in [0.1, 0.15) is 10.6 Å². The minimum atomic E-state index is -3.64. The monoisotopic (exact) mass is 310 g/mol. The molecule has 8 heteroatoms. The van der Waals surface area contributed by atoms with Gasteiger partial charge in [-0.1, -0.05) is 0 Å². The van der Waals surface area contributed by atoms with Crippen LogP contribution < -0.4 is 15.2 Å². The minimum Gasteiger partial charge on any atom is -0.497 e. The fraction of sp³-hybridized carbons (Fsp3) is 0.308. The molecule has 0 saturated heterocycles. The smallest absolute Gasteiger partial charge is 0.242 e. The average molecular weight is 310 g/mol. The molecule has 1 aromatic carbocycles. The van der Waals surface area contributed by atoms with Gasteiger partial charge >= 0.3 is 0 Å². The number of aryl methyl sites for hydroxylation is 1. The van der Waals surface area contributed by atoms with Gasteiger partial charge in [-0.3, -0.25) is 4.68 Å². The number of nitrogens with two attached hydrogens (primary N) is 1. The van der Waals surface area contributed by atoms with Gasteiger partial charge < -0.3 is 10.5 Å². The second kappa shape index (κ2) is 6.15. The van der Waals surface area contributed by atoms with Crippen molar-refractivity contribution in [2.24, 2.45) is 7.05 Å². The molecular formula is C13H18N4O3S. The summed E-state index contributed by atoms with van der Waals surface area (Å²) in [7, 11) is -0.336. The molecule has 0 fully saturated rings. The van der Waals surface area contributed by atoms with Crippen LogP contribution in [0.1, 0.15) is 5.69 Å². The Bertz CT molecular complexity index is 725. The van der Waals surface area contributed by atoms with E-state index in [2.05, 4.69) is 9.82 Å². The van der Waals surface area contributed by atoms with Crippen LogP contribution in [0.4, 0.5) is 5.69 Å². The molecular weight excluding hydrogens is 292 g/mol. The van der Waals surface area contributed by atoms with Crippen molar-refractivity contribution in [1.82, 2.24) is 14.5 Å². The number of hydrogen-bond acceptors (Lipinski definition) is 5. The summed E-state index contributed by atoms with van der Waals surface area (Å²) < 4.78 is 33.7. The molecule has 0 aliphatic carbocycles. The van der Waals surface area contributed by atoms with Crippen molar-refractivity contribution < 1.29 is 13.2 Å². The molecule has 0 saturated carbocycles. The Balaban J connectivity index is 2.06. The van der Waals surface area contributed by atoms with Crippen molar-refractivity contribution in [1.29, 1.82) is 0 Å². The summed E-state index contributed by atoms with van der Waals surface area (Å²) in [6, 6.07) is 6.32. The zero-order chi connectivity index (χ0) is 15.5. The topological polar surface area (TPSA) is 99.2 Å². The molecule has 0 bridgehead atoms. The van der Waals surface area contributed by atoms with Crippen molar-refractivity contribution in [3.05, 3.63) is 36.2 Å². The van der Waals surface area contributed by atoms with E-state index in [-0.39, 0.29) is 17.1 Å². The number of nitrogens with one attached hydrogen (secondary N) is 1. The van der Waals surface area contributed by atoms with Gasteiger partial charge in [-0.15, -0.1) is 0 Å². The number of methoxy groups -OCH3 is 1. The highest BCUT2D eigenvalue weighted by Gasteiger charge is 2.17. The Kier molecular flexibility index (Phi) is 4.49. The van der Waals surface area contributed by atoms with E-state index in [1.54, 1.807) is 16.9 Å². The number of ether oxygens (including phenoxy) is 1. The Morgan fingerprint density at radius 3 is 2.71 bits per heavy atom. The Morgan fingerprint density at radius 1 is 1.38 bits per heavy atom. The molecule has 3 N–H and O–H groups in total. The standard InChI is InChI=1S/C13H18N4O3S/c1-17-10(5-7-15-17)6-8-16-21(18,19)13-4-3-11(20-2)9-12(13)14/h3-5,7,9,16H,6,8,14H2,1-2H3. The van der Waals surface area contributed by atoms with Gasteiger partial charge in [0.2, 0.25) is 10.0 Å². The number of benzene rings is 1. The predicted molar refractivity (Wildman–Crippen MR) is 79.5 cm³/mol. The SMILES string of the molecule is COc1ccc(S(=O)(=O)NCCc2ccnn2C)c(N)c1. The molecule has 1 heterocycles. The maximum Gasteiger partial charge on any atom is 0.242 e. The van der Waals surface area contributed by atoms with Crippen LogP contribution in [0.25, 0.3) is 0 Å². The van der Waals surface area contributed by atoms with Gasteiger partial charge in [-0.2, -0.15) is 5.10 Å². The molecule has 7 nitrogen and oxygen atoms in total. The molecule has 0 unspecified atom stereocenters. The maximum atomic E-state index is 12.2. The van der Waals surface area contributed by atoms with Crippen LogP contribution in [0.2, 0.25) is 0 Å². The second-order valence-corrected chi connectivity index (χ2v) is 6.23. The fourth-order valence-corrected chi connectivity index (χ4v) is 3.08. The molecule has 0 radical (unpaired) electrons. The largest absolute Gasteiger partial charge is 0.497 e. The molecule has 0 amide bonds. The summed E-state index contributed by atoms with van der Waals surface area (Å²) in [5.74, 6) is 0.515. The number of sulfonamides is 1. The Morgan fingerprint density at radius 2 is 2.14 bits per heavy atom. The summed E-state index contributed by atoms with van der Waals surface area (Å²) in [5.41, 5.74) is 6.86. The van der Waals surface area contributed by atoms with Gasteiger partial charge in [0.05, 0.1) is 12.8 Å². The highest BCUT2D eigenvalue weighted by Crippen LogP contribution is 2.23. The molecule has 1 aromatic heterocycles.